The molecule has 1 aromatic heterocycles. The Morgan fingerprint density at radius 2 is 1.67 bits per heavy atom. The number of aromatic nitrogens is 1. The van der Waals surface area contributed by atoms with Crippen molar-refractivity contribution in [2.75, 3.05) is 26.4 Å². The first kappa shape index (κ1) is 25.1. The molecule has 8 nitrogen and oxygen atoms in total. The van der Waals surface area contributed by atoms with E-state index in [2.05, 4.69) is 5.32 Å². The zero-order valence-corrected chi connectivity index (χ0v) is 18.1. The summed E-state index contributed by atoms with van der Waals surface area (Å²) in [6.45, 7) is 1.81. The number of nitrogens with one attached hydrogen (secondary N) is 1. The number of esters is 1. The van der Waals surface area contributed by atoms with E-state index >= 15 is 0 Å². The molecule has 0 aliphatic rings. The normalized spacial score (nSPS) is 9.90. The van der Waals surface area contributed by atoms with Crippen LogP contribution in [0.5, 0.6) is 0 Å². The molecule has 1 N–H and O–H groups in total. The van der Waals surface area contributed by atoms with Crippen LogP contribution in [0.2, 0.25) is 0 Å². The van der Waals surface area contributed by atoms with Crippen LogP contribution < -0.4 is 26.9 Å². The highest BCUT2D eigenvalue weighted by Gasteiger charge is 2.20. The van der Waals surface area contributed by atoms with Gasteiger partial charge in [0.25, 0.3) is 11.7 Å². The highest BCUT2D eigenvalue weighted by Crippen LogP contribution is 2.00. The Morgan fingerprint density at radius 1 is 0.967 bits per heavy atom. The third-order valence-corrected chi connectivity index (χ3v) is 3.83. The molecule has 0 fully saturated rings. The van der Waals surface area contributed by atoms with Crippen LogP contribution in [0.25, 0.3) is 0 Å². The Labute approximate surface area is 185 Å². The Morgan fingerprint density at radius 3 is 2.37 bits per heavy atom. The van der Waals surface area contributed by atoms with E-state index < -0.39 is 17.5 Å². The minimum absolute atomic E-state index is 0. The van der Waals surface area contributed by atoms with Crippen LogP contribution in [0, 0.1) is 0 Å². The maximum absolute atomic E-state index is 12.2. The van der Waals surface area contributed by atoms with Gasteiger partial charge in [0.1, 0.15) is 18.8 Å². The molecule has 1 aromatic carbocycles. The Hall–Kier alpha value is -2.91. The average Bonchev–Trinajstić information content (AvgIpc) is 2.75. The monoisotopic (exact) mass is 478 g/mol. The molecular formula is C21H23BrN2O6. The molecule has 1 heterocycles. The van der Waals surface area contributed by atoms with Gasteiger partial charge in [0.05, 0.1) is 12.1 Å². The van der Waals surface area contributed by atoms with E-state index in [0.717, 1.165) is 0 Å². The fraction of sp³-hybridized carbons (Fsp3) is 0.286. The largest absolute Gasteiger partial charge is 1.00 e. The molecule has 0 saturated carbocycles. The second-order valence-electron chi connectivity index (χ2n) is 6.01. The second-order valence-corrected chi connectivity index (χ2v) is 6.01. The van der Waals surface area contributed by atoms with Gasteiger partial charge in [-0.25, -0.2) is 4.79 Å². The van der Waals surface area contributed by atoms with E-state index in [4.69, 9.17) is 9.47 Å². The zero-order valence-electron chi connectivity index (χ0n) is 16.5. The standard InChI is InChI=1S/C21H22N2O6.BrH/c1-2-28-15-19(25)18(24)14-23-11-6-9-17(13-23)20(26)22-10-12-29-21(27)16-7-4-3-5-8-16;/h3-9,11,13H,2,10,12,14-15H2,1H3;1H. The Kier molecular flexibility index (Phi) is 11.2. The minimum atomic E-state index is -0.616. The van der Waals surface area contributed by atoms with Crippen molar-refractivity contribution in [1.29, 1.82) is 0 Å². The van der Waals surface area contributed by atoms with E-state index in [1.54, 1.807) is 55.6 Å². The summed E-state index contributed by atoms with van der Waals surface area (Å²) in [6, 6.07) is 11.7. The Bertz CT molecular complexity index is 873. The van der Waals surface area contributed by atoms with Gasteiger partial charge in [0.2, 0.25) is 12.3 Å². The fourth-order valence-corrected chi connectivity index (χ4v) is 2.35. The second kappa shape index (κ2) is 13.3. The van der Waals surface area contributed by atoms with Gasteiger partial charge in [0, 0.05) is 12.7 Å². The van der Waals surface area contributed by atoms with E-state index in [9.17, 15) is 19.2 Å². The van der Waals surface area contributed by atoms with Crippen LogP contribution in [-0.2, 0) is 25.6 Å². The molecule has 0 aliphatic heterocycles. The molecular weight excluding hydrogens is 456 g/mol. The summed E-state index contributed by atoms with van der Waals surface area (Å²) in [7, 11) is 0. The van der Waals surface area contributed by atoms with E-state index in [1.807, 2.05) is 0 Å². The molecule has 0 saturated heterocycles. The molecule has 0 spiro atoms. The van der Waals surface area contributed by atoms with Gasteiger partial charge < -0.3 is 31.8 Å². The number of carbonyl (C=O) groups excluding carboxylic acids is 4. The number of Topliss-reactive ketones (excluding diaryl/α,β-unsaturated/α-hetero) is 2. The first-order chi connectivity index (χ1) is 14.0. The molecule has 160 valence electrons. The third kappa shape index (κ3) is 8.22. The van der Waals surface area contributed by atoms with Crippen molar-refractivity contribution in [3.05, 3.63) is 66.0 Å². The summed E-state index contributed by atoms with van der Waals surface area (Å²) in [5.41, 5.74) is 0.749. The maximum Gasteiger partial charge on any atom is 0.338 e. The number of carbonyl (C=O) groups is 4. The number of ketones is 2. The van der Waals surface area contributed by atoms with E-state index in [1.165, 1.54) is 10.8 Å². The first-order valence-corrected chi connectivity index (χ1v) is 9.14. The zero-order chi connectivity index (χ0) is 21.1. The number of nitrogens with zero attached hydrogens (tertiary/aromatic N) is 1. The molecule has 0 aliphatic carbocycles. The van der Waals surface area contributed by atoms with Gasteiger partial charge in [-0.2, -0.15) is 4.57 Å². The summed E-state index contributed by atoms with van der Waals surface area (Å²) in [5.74, 6) is -2.07. The first-order valence-electron chi connectivity index (χ1n) is 9.14. The molecule has 2 rings (SSSR count). The van der Waals surface area contributed by atoms with Crippen molar-refractivity contribution in [3.8, 4) is 0 Å². The maximum atomic E-state index is 12.2. The minimum Gasteiger partial charge on any atom is -1.00 e. The van der Waals surface area contributed by atoms with Crippen LogP contribution in [-0.4, -0.2) is 49.8 Å². The van der Waals surface area contributed by atoms with Crippen molar-refractivity contribution in [2.24, 2.45) is 0 Å². The number of amides is 1. The predicted octanol–water partition coefficient (Wildman–Crippen LogP) is -2.26. The fourth-order valence-electron chi connectivity index (χ4n) is 2.35. The van der Waals surface area contributed by atoms with Crippen LogP contribution in [0.4, 0.5) is 0 Å². The van der Waals surface area contributed by atoms with Gasteiger partial charge in [-0.05, 0) is 25.1 Å². The third-order valence-electron chi connectivity index (χ3n) is 3.83. The van der Waals surface area contributed by atoms with Crippen LogP contribution in [0.3, 0.4) is 0 Å². The number of halogens is 1. The molecule has 0 bridgehead atoms. The van der Waals surface area contributed by atoms with Gasteiger partial charge in [0.15, 0.2) is 12.4 Å². The molecule has 9 heteroatoms. The number of hydrogen-bond acceptors (Lipinski definition) is 6. The van der Waals surface area contributed by atoms with Crippen molar-refractivity contribution in [1.82, 2.24) is 5.32 Å². The summed E-state index contributed by atoms with van der Waals surface area (Å²) >= 11 is 0. The van der Waals surface area contributed by atoms with Gasteiger partial charge in [-0.1, -0.05) is 18.2 Å². The molecule has 0 atom stereocenters. The van der Waals surface area contributed by atoms with Gasteiger partial charge >= 0.3 is 5.97 Å². The summed E-state index contributed by atoms with van der Waals surface area (Å²) in [5, 5.41) is 2.64. The lowest BCUT2D eigenvalue weighted by Gasteiger charge is -2.06. The Balaban J connectivity index is 0.00000450. The topological polar surface area (TPSA) is 103 Å². The molecule has 0 radical (unpaired) electrons. The average molecular weight is 479 g/mol. The van der Waals surface area contributed by atoms with E-state index in [0.29, 0.717) is 17.7 Å². The molecule has 2 aromatic rings. The summed E-state index contributed by atoms with van der Waals surface area (Å²) in [6.07, 6.45) is 3.06. The number of hydrogen-bond donors (Lipinski definition) is 1. The van der Waals surface area contributed by atoms with Crippen molar-refractivity contribution < 1.29 is 50.2 Å². The number of ether oxygens (including phenoxy) is 2. The highest BCUT2D eigenvalue weighted by atomic mass is 79.9. The lowest BCUT2D eigenvalue weighted by atomic mass is 10.2. The number of benzene rings is 1. The lowest BCUT2D eigenvalue weighted by molar-refractivity contribution is -0.683. The summed E-state index contributed by atoms with van der Waals surface area (Å²) < 4.78 is 11.5. The highest BCUT2D eigenvalue weighted by molar-refractivity contribution is 6.37. The van der Waals surface area contributed by atoms with Crippen molar-refractivity contribution >= 4 is 23.4 Å². The summed E-state index contributed by atoms with van der Waals surface area (Å²) in [4.78, 5) is 47.6. The number of rotatable bonds is 11. The van der Waals surface area contributed by atoms with Gasteiger partial charge in [-0.15, -0.1) is 0 Å². The van der Waals surface area contributed by atoms with Crippen molar-refractivity contribution in [3.63, 3.8) is 0 Å². The smallest absolute Gasteiger partial charge is 0.338 e. The van der Waals surface area contributed by atoms with E-state index in [-0.39, 0.29) is 49.2 Å². The molecule has 0 unspecified atom stereocenters. The molecule has 30 heavy (non-hydrogen) atoms. The van der Waals surface area contributed by atoms with Gasteiger partial charge in [-0.3, -0.25) is 14.4 Å². The molecule has 1 amide bonds. The van der Waals surface area contributed by atoms with Crippen molar-refractivity contribution in [2.45, 2.75) is 13.5 Å². The lowest BCUT2D eigenvalue weighted by Crippen LogP contribution is -3.00. The quantitative estimate of drug-likeness (QED) is 0.169. The SMILES string of the molecule is CCOCC(=O)C(=O)C[n+]1cccc(C(=O)NCCOC(=O)c2ccccc2)c1.[Br-]. The predicted molar refractivity (Wildman–Crippen MR) is 102 cm³/mol. The number of pyridine rings is 1. The van der Waals surface area contributed by atoms with Crippen LogP contribution >= 0.6 is 0 Å². The van der Waals surface area contributed by atoms with Crippen LogP contribution in [0.1, 0.15) is 27.6 Å². The van der Waals surface area contributed by atoms with Crippen LogP contribution in [0.15, 0.2) is 54.9 Å².